The standard InChI is InChI=1S/C14H18N2O4/c1-6-7(2)16-20-12(6)13(17)15-11-5-8-3-9(14(18)19)4-10(8)11/h8-11H,3-5H2,1-2H3,(H,15,17)(H,18,19)/t8-,9?,10-,11+/m0/s1. The average molecular weight is 278 g/mol. The Balaban J connectivity index is 1.62. The molecule has 6 heteroatoms. The molecule has 0 bridgehead atoms. The van der Waals surface area contributed by atoms with Crippen molar-refractivity contribution in [3.05, 3.63) is 17.0 Å². The molecule has 6 nitrogen and oxygen atoms in total. The van der Waals surface area contributed by atoms with E-state index in [0.717, 1.165) is 18.4 Å². The second-order valence-electron chi connectivity index (χ2n) is 5.97. The van der Waals surface area contributed by atoms with Gasteiger partial charge in [-0.3, -0.25) is 9.59 Å². The number of nitrogens with zero attached hydrogens (tertiary/aromatic N) is 1. The molecule has 1 heterocycles. The van der Waals surface area contributed by atoms with Crippen LogP contribution in [-0.2, 0) is 4.79 Å². The molecule has 20 heavy (non-hydrogen) atoms. The molecule has 2 N–H and O–H groups in total. The second-order valence-corrected chi connectivity index (χ2v) is 5.97. The number of carboxylic acids is 1. The summed E-state index contributed by atoms with van der Waals surface area (Å²) in [6.45, 7) is 3.60. The highest BCUT2D eigenvalue weighted by Crippen LogP contribution is 2.49. The summed E-state index contributed by atoms with van der Waals surface area (Å²) in [6, 6.07) is 0.0710. The van der Waals surface area contributed by atoms with Gasteiger partial charge in [0.15, 0.2) is 0 Å². The van der Waals surface area contributed by atoms with Gasteiger partial charge in [0, 0.05) is 11.6 Å². The molecule has 0 aliphatic heterocycles. The van der Waals surface area contributed by atoms with Crippen LogP contribution in [0.15, 0.2) is 4.52 Å². The summed E-state index contributed by atoms with van der Waals surface area (Å²) >= 11 is 0. The SMILES string of the molecule is Cc1noc(C(=O)N[C@@H]2C[C@@H]3CC(C(=O)O)C[C@@H]32)c1C. The summed E-state index contributed by atoms with van der Waals surface area (Å²) in [4.78, 5) is 23.1. The summed E-state index contributed by atoms with van der Waals surface area (Å²) in [5, 5.41) is 15.8. The highest BCUT2D eigenvalue weighted by molar-refractivity contribution is 5.93. The summed E-state index contributed by atoms with van der Waals surface area (Å²) in [7, 11) is 0. The van der Waals surface area contributed by atoms with Crippen LogP contribution in [0.25, 0.3) is 0 Å². The van der Waals surface area contributed by atoms with Gasteiger partial charge in [0.25, 0.3) is 5.91 Å². The Bertz CT molecular complexity index is 566. The zero-order valence-electron chi connectivity index (χ0n) is 11.5. The van der Waals surface area contributed by atoms with E-state index < -0.39 is 5.97 Å². The third-order valence-corrected chi connectivity index (χ3v) is 4.85. The van der Waals surface area contributed by atoms with Crippen molar-refractivity contribution in [1.82, 2.24) is 10.5 Å². The van der Waals surface area contributed by atoms with E-state index in [1.54, 1.807) is 13.8 Å². The van der Waals surface area contributed by atoms with Crippen LogP contribution in [0.3, 0.4) is 0 Å². The van der Waals surface area contributed by atoms with Crippen molar-refractivity contribution in [2.24, 2.45) is 17.8 Å². The third-order valence-electron chi connectivity index (χ3n) is 4.85. The number of carbonyl (C=O) groups excluding carboxylic acids is 1. The van der Waals surface area contributed by atoms with Crippen LogP contribution in [0.1, 0.15) is 41.1 Å². The zero-order valence-corrected chi connectivity index (χ0v) is 11.5. The number of hydrogen-bond acceptors (Lipinski definition) is 4. The van der Waals surface area contributed by atoms with Gasteiger partial charge in [-0.1, -0.05) is 5.16 Å². The maximum absolute atomic E-state index is 12.1. The first-order valence-corrected chi connectivity index (χ1v) is 6.94. The number of amides is 1. The number of aryl methyl sites for hydroxylation is 1. The van der Waals surface area contributed by atoms with Gasteiger partial charge in [0.05, 0.1) is 11.6 Å². The number of aliphatic carboxylic acids is 1. The van der Waals surface area contributed by atoms with Crippen LogP contribution in [-0.4, -0.2) is 28.2 Å². The Hall–Kier alpha value is -1.85. The predicted octanol–water partition coefficient (Wildman–Crippen LogP) is 1.52. The van der Waals surface area contributed by atoms with E-state index in [4.69, 9.17) is 9.63 Å². The van der Waals surface area contributed by atoms with Gasteiger partial charge in [-0.25, -0.2) is 0 Å². The van der Waals surface area contributed by atoms with Crippen LogP contribution in [0, 0.1) is 31.6 Å². The molecule has 0 radical (unpaired) electrons. The highest BCUT2D eigenvalue weighted by Gasteiger charge is 2.50. The quantitative estimate of drug-likeness (QED) is 0.874. The van der Waals surface area contributed by atoms with Gasteiger partial charge in [-0.2, -0.15) is 0 Å². The van der Waals surface area contributed by atoms with Crippen molar-refractivity contribution in [1.29, 1.82) is 0 Å². The molecule has 2 fully saturated rings. The monoisotopic (exact) mass is 278 g/mol. The van der Waals surface area contributed by atoms with Crippen molar-refractivity contribution in [3.63, 3.8) is 0 Å². The van der Waals surface area contributed by atoms with Gasteiger partial charge < -0.3 is 14.9 Å². The molecule has 1 unspecified atom stereocenters. The van der Waals surface area contributed by atoms with E-state index in [2.05, 4.69) is 10.5 Å². The molecule has 1 aromatic rings. The molecule has 0 aromatic carbocycles. The second kappa shape index (κ2) is 4.61. The third kappa shape index (κ3) is 1.99. The molecule has 0 saturated heterocycles. The lowest BCUT2D eigenvalue weighted by Gasteiger charge is -2.40. The lowest BCUT2D eigenvalue weighted by atomic mass is 9.71. The minimum absolute atomic E-state index is 0.0710. The Morgan fingerprint density at radius 3 is 2.65 bits per heavy atom. The number of aromatic nitrogens is 1. The Morgan fingerprint density at radius 1 is 1.30 bits per heavy atom. The average Bonchev–Trinajstić information content (AvgIpc) is 2.89. The highest BCUT2D eigenvalue weighted by atomic mass is 16.5. The van der Waals surface area contributed by atoms with Gasteiger partial charge in [0.1, 0.15) is 0 Å². The molecule has 0 spiro atoms. The summed E-state index contributed by atoms with van der Waals surface area (Å²) in [6.07, 6.45) is 2.28. The summed E-state index contributed by atoms with van der Waals surface area (Å²) in [5.74, 6) is -0.209. The molecular weight excluding hydrogens is 260 g/mol. The molecule has 108 valence electrons. The summed E-state index contributed by atoms with van der Waals surface area (Å²) in [5.41, 5.74) is 1.47. The van der Waals surface area contributed by atoms with Crippen molar-refractivity contribution in [2.45, 2.75) is 39.2 Å². The van der Waals surface area contributed by atoms with Crippen LogP contribution in [0.4, 0.5) is 0 Å². The minimum atomic E-state index is -0.716. The van der Waals surface area contributed by atoms with Gasteiger partial charge in [-0.05, 0) is 44.9 Å². The zero-order chi connectivity index (χ0) is 14.4. The van der Waals surface area contributed by atoms with Gasteiger partial charge in [0.2, 0.25) is 5.76 Å². The predicted molar refractivity (Wildman–Crippen MR) is 69.2 cm³/mol. The lowest BCUT2D eigenvalue weighted by Crippen LogP contribution is -2.50. The lowest BCUT2D eigenvalue weighted by molar-refractivity contribution is -0.141. The molecular formula is C14H18N2O4. The van der Waals surface area contributed by atoms with Gasteiger partial charge in [-0.15, -0.1) is 0 Å². The molecule has 3 rings (SSSR count). The first kappa shape index (κ1) is 13.1. The minimum Gasteiger partial charge on any atom is -0.481 e. The van der Waals surface area contributed by atoms with Gasteiger partial charge >= 0.3 is 5.97 Å². The normalized spacial score (nSPS) is 31.5. The van der Waals surface area contributed by atoms with Crippen molar-refractivity contribution in [2.75, 3.05) is 0 Å². The number of carbonyl (C=O) groups is 2. The topological polar surface area (TPSA) is 92.4 Å². The van der Waals surface area contributed by atoms with E-state index >= 15 is 0 Å². The molecule has 2 aliphatic rings. The van der Waals surface area contributed by atoms with Crippen LogP contribution < -0.4 is 5.32 Å². The van der Waals surface area contributed by atoms with E-state index in [1.165, 1.54) is 0 Å². The largest absolute Gasteiger partial charge is 0.481 e. The Kier molecular flexibility index (Phi) is 3.03. The number of hydrogen-bond donors (Lipinski definition) is 2. The van der Waals surface area contributed by atoms with E-state index in [-0.39, 0.29) is 23.6 Å². The number of rotatable bonds is 3. The van der Waals surface area contributed by atoms with E-state index in [9.17, 15) is 9.59 Å². The smallest absolute Gasteiger partial charge is 0.306 e. The first-order valence-electron chi connectivity index (χ1n) is 6.94. The Labute approximate surface area is 116 Å². The molecule has 4 atom stereocenters. The van der Waals surface area contributed by atoms with Crippen LogP contribution in [0.5, 0.6) is 0 Å². The molecule has 2 aliphatic carbocycles. The number of fused-ring (bicyclic) bond motifs is 1. The fourth-order valence-corrected chi connectivity index (χ4v) is 3.46. The van der Waals surface area contributed by atoms with Crippen molar-refractivity contribution < 1.29 is 19.2 Å². The molecule has 2 saturated carbocycles. The van der Waals surface area contributed by atoms with Crippen molar-refractivity contribution >= 4 is 11.9 Å². The maximum Gasteiger partial charge on any atom is 0.306 e. The van der Waals surface area contributed by atoms with E-state index in [0.29, 0.717) is 24.0 Å². The fourth-order valence-electron chi connectivity index (χ4n) is 3.46. The number of carboxylic acid groups (broad SMARTS) is 1. The molecule has 1 aromatic heterocycles. The first-order chi connectivity index (χ1) is 9.47. The van der Waals surface area contributed by atoms with Crippen LogP contribution >= 0.6 is 0 Å². The van der Waals surface area contributed by atoms with Crippen LogP contribution in [0.2, 0.25) is 0 Å². The van der Waals surface area contributed by atoms with E-state index in [1.807, 2.05) is 0 Å². The Morgan fingerprint density at radius 2 is 2.05 bits per heavy atom. The maximum atomic E-state index is 12.1. The fraction of sp³-hybridized carbons (Fsp3) is 0.643. The summed E-state index contributed by atoms with van der Waals surface area (Å²) < 4.78 is 5.04. The molecule has 1 amide bonds. The van der Waals surface area contributed by atoms with Crippen molar-refractivity contribution in [3.8, 4) is 0 Å². The number of nitrogens with one attached hydrogen (secondary N) is 1.